The lowest BCUT2D eigenvalue weighted by Gasteiger charge is -2.33. The number of aromatic nitrogens is 3. The number of rotatable bonds is 4. The molecule has 0 radical (unpaired) electrons. The smallest absolute Gasteiger partial charge is 0.263 e. The summed E-state index contributed by atoms with van der Waals surface area (Å²) in [6.07, 6.45) is 1.78. The highest BCUT2D eigenvalue weighted by molar-refractivity contribution is 6.30. The Morgan fingerprint density at radius 2 is 2.07 bits per heavy atom. The van der Waals surface area contributed by atoms with E-state index in [1.54, 1.807) is 0 Å². The van der Waals surface area contributed by atoms with Gasteiger partial charge >= 0.3 is 0 Å². The molecule has 3 heterocycles. The van der Waals surface area contributed by atoms with Crippen LogP contribution in [-0.2, 0) is 11.3 Å². The standard InChI is InChI=1S/C20H22ClN5O2/c1-12-17-18(23-13(2)24-20(17)28-25-12)26-9-3-4-15(11-26)19(27)22-10-14-5-7-16(21)8-6-14/h5-8,15H,3-4,9-11H2,1-2H3,(H,22,27)/t15-/m1/s1. The van der Waals surface area contributed by atoms with Crippen LogP contribution in [0.3, 0.4) is 0 Å². The molecule has 28 heavy (non-hydrogen) atoms. The fraction of sp³-hybridized carbons (Fsp3) is 0.400. The number of nitrogens with one attached hydrogen (secondary N) is 1. The molecule has 1 N–H and O–H groups in total. The molecular weight excluding hydrogens is 378 g/mol. The van der Waals surface area contributed by atoms with E-state index in [1.807, 2.05) is 38.1 Å². The molecule has 1 fully saturated rings. The number of fused-ring (bicyclic) bond motifs is 1. The van der Waals surface area contributed by atoms with E-state index in [2.05, 4.69) is 25.3 Å². The first kappa shape index (κ1) is 18.7. The fourth-order valence-electron chi connectivity index (χ4n) is 3.62. The largest absolute Gasteiger partial charge is 0.355 e. The van der Waals surface area contributed by atoms with Crippen LogP contribution in [-0.4, -0.2) is 34.1 Å². The molecule has 0 aliphatic carbocycles. The molecule has 146 valence electrons. The molecule has 1 aromatic carbocycles. The Bertz CT molecular complexity index is 1000. The summed E-state index contributed by atoms with van der Waals surface area (Å²) in [4.78, 5) is 23.8. The number of hydrogen-bond donors (Lipinski definition) is 1. The summed E-state index contributed by atoms with van der Waals surface area (Å²) in [5.74, 6) is 1.40. The summed E-state index contributed by atoms with van der Waals surface area (Å²) in [5, 5.41) is 8.58. The molecule has 0 unspecified atom stereocenters. The fourth-order valence-corrected chi connectivity index (χ4v) is 3.75. The summed E-state index contributed by atoms with van der Waals surface area (Å²) in [7, 11) is 0. The van der Waals surface area contributed by atoms with E-state index in [0.717, 1.165) is 41.8 Å². The normalized spacial score (nSPS) is 17.1. The van der Waals surface area contributed by atoms with Gasteiger partial charge in [0.2, 0.25) is 5.91 Å². The maximum atomic E-state index is 12.7. The molecule has 2 aromatic heterocycles. The second-order valence-electron chi connectivity index (χ2n) is 7.17. The summed E-state index contributed by atoms with van der Waals surface area (Å²) in [6, 6.07) is 7.50. The molecule has 0 bridgehead atoms. The summed E-state index contributed by atoms with van der Waals surface area (Å²) >= 11 is 5.91. The first-order chi connectivity index (χ1) is 13.5. The molecule has 1 amide bonds. The first-order valence-corrected chi connectivity index (χ1v) is 9.77. The Kier molecular flexibility index (Phi) is 5.17. The zero-order valence-electron chi connectivity index (χ0n) is 15.9. The van der Waals surface area contributed by atoms with Crippen LogP contribution in [0.15, 0.2) is 28.8 Å². The lowest BCUT2D eigenvalue weighted by Crippen LogP contribution is -2.43. The molecule has 1 atom stereocenters. The molecule has 4 rings (SSSR count). The zero-order chi connectivity index (χ0) is 19.7. The lowest BCUT2D eigenvalue weighted by atomic mass is 9.96. The van der Waals surface area contributed by atoms with Gasteiger partial charge < -0.3 is 14.7 Å². The van der Waals surface area contributed by atoms with Gasteiger partial charge in [0, 0.05) is 24.7 Å². The number of aryl methyl sites for hydroxylation is 2. The number of benzene rings is 1. The molecule has 8 heteroatoms. The maximum Gasteiger partial charge on any atom is 0.263 e. The minimum absolute atomic E-state index is 0.0590. The third-order valence-corrected chi connectivity index (χ3v) is 5.32. The Labute approximate surface area is 168 Å². The van der Waals surface area contributed by atoms with Crippen molar-refractivity contribution in [1.29, 1.82) is 0 Å². The Morgan fingerprint density at radius 3 is 2.86 bits per heavy atom. The average molecular weight is 400 g/mol. The monoisotopic (exact) mass is 399 g/mol. The number of halogens is 1. The van der Waals surface area contributed by atoms with Crippen LogP contribution in [0.4, 0.5) is 5.82 Å². The Balaban J connectivity index is 1.48. The van der Waals surface area contributed by atoms with Gasteiger partial charge in [-0.3, -0.25) is 4.79 Å². The number of amides is 1. The van der Waals surface area contributed by atoms with E-state index >= 15 is 0 Å². The molecule has 7 nitrogen and oxygen atoms in total. The third-order valence-electron chi connectivity index (χ3n) is 5.07. The van der Waals surface area contributed by atoms with Gasteiger partial charge in [-0.1, -0.05) is 28.9 Å². The van der Waals surface area contributed by atoms with Gasteiger partial charge in [0.15, 0.2) is 0 Å². The van der Waals surface area contributed by atoms with E-state index in [-0.39, 0.29) is 11.8 Å². The van der Waals surface area contributed by atoms with Gasteiger partial charge in [0.05, 0.1) is 11.6 Å². The van der Waals surface area contributed by atoms with E-state index in [1.165, 1.54) is 0 Å². The van der Waals surface area contributed by atoms with Crippen LogP contribution in [0.5, 0.6) is 0 Å². The predicted octanol–water partition coefficient (Wildman–Crippen LogP) is 3.42. The topological polar surface area (TPSA) is 84.2 Å². The van der Waals surface area contributed by atoms with Crippen molar-refractivity contribution >= 4 is 34.4 Å². The van der Waals surface area contributed by atoms with Crippen LogP contribution in [0.25, 0.3) is 11.1 Å². The van der Waals surface area contributed by atoms with Gasteiger partial charge in [-0.15, -0.1) is 0 Å². The summed E-state index contributed by atoms with van der Waals surface area (Å²) in [6.45, 7) is 5.67. The van der Waals surface area contributed by atoms with Crippen molar-refractivity contribution in [3.63, 3.8) is 0 Å². The highest BCUT2D eigenvalue weighted by Crippen LogP contribution is 2.30. The van der Waals surface area contributed by atoms with Crippen molar-refractivity contribution < 1.29 is 9.32 Å². The number of anilines is 1. The zero-order valence-corrected chi connectivity index (χ0v) is 16.7. The Hall–Kier alpha value is -2.67. The maximum absolute atomic E-state index is 12.7. The van der Waals surface area contributed by atoms with Crippen LogP contribution >= 0.6 is 11.6 Å². The van der Waals surface area contributed by atoms with Crippen molar-refractivity contribution in [3.8, 4) is 0 Å². The van der Waals surface area contributed by atoms with Crippen LogP contribution < -0.4 is 10.2 Å². The molecule has 1 aliphatic rings. The second-order valence-corrected chi connectivity index (χ2v) is 7.61. The molecule has 0 spiro atoms. The lowest BCUT2D eigenvalue weighted by molar-refractivity contribution is -0.125. The van der Waals surface area contributed by atoms with Gasteiger partial charge in [-0.25, -0.2) is 4.98 Å². The van der Waals surface area contributed by atoms with E-state index in [4.69, 9.17) is 16.1 Å². The van der Waals surface area contributed by atoms with Gasteiger partial charge in [-0.2, -0.15) is 4.98 Å². The van der Waals surface area contributed by atoms with Gasteiger partial charge in [0.1, 0.15) is 17.0 Å². The van der Waals surface area contributed by atoms with Crippen molar-refractivity contribution in [2.24, 2.45) is 5.92 Å². The predicted molar refractivity (Wildman–Crippen MR) is 107 cm³/mol. The quantitative estimate of drug-likeness (QED) is 0.723. The molecule has 1 aliphatic heterocycles. The van der Waals surface area contributed by atoms with E-state index in [9.17, 15) is 4.79 Å². The highest BCUT2D eigenvalue weighted by Gasteiger charge is 2.28. The average Bonchev–Trinajstić information content (AvgIpc) is 3.07. The SMILES string of the molecule is Cc1nc(N2CCC[C@@H](C(=O)NCc3ccc(Cl)cc3)C2)c2c(C)noc2n1. The van der Waals surface area contributed by atoms with E-state index < -0.39 is 0 Å². The van der Waals surface area contributed by atoms with Crippen molar-refractivity contribution in [2.45, 2.75) is 33.2 Å². The minimum atomic E-state index is -0.0912. The van der Waals surface area contributed by atoms with Crippen molar-refractivity contribution in [1.82, 2.24) is 20.4 Å². The van der Waals surface area contributed by atoms with Crippen molar-refractivity contribution in [3.05, 3.63) is 46.4 Å². The van der Waals surface area contributed by atoms with Gasteiger partial charge in [-0.05, 0) is 44.4 Å². The summed E-state index contributed by atoms with van der Waals surface area (Å²) in [5.41, 5.74) is 2.28. The number of nitrogens with zero attached hydrogens (tertiary/aromatic N) is 4. The number of carbonyl (C=O) groups is 1. The molecule has 0 saturated carbocycles. The van der Waals surface area contributed by atoms with Crippen molar-refractivity contribution in [2.75, 3.05) is 18.0 Å². The molecule has 1 saturated heterocycles. The van der Waals surface area contributed by atoms with E-state index in [0.29, 0.717) is 29.7 Å². The summed E-state index contributed by atoms with van der Waals surface area (Å²) < 4.78 is 5.31. The minimum Gasteiger partial charge on any atom is -0.355 e. The number of carbonyl (C=O) groups excluding carboxylic acids is 1. The third kappa shape index (κ3) is 3.80. The second kappa shape index (κ2) is 7.75. The first-order valence-electron chi connectivity index (χ1n) is 9.39. The number of piperidine rings is 1. The van der Waals surface area contributed by atoms with Crippen LogP contribution in [0, 0.1) is 19.8 Å². The van der Waals surface area contributed by atoms with Crippen LogP contribution in [0.1, 0.15) is 29.9 Å². The number of hydrogen-bond acceptors (Lipinski definition) is 6. The van der Waals surface area contributed by atoms with Gasteiger partial charge in [0.25, 0.3) is 5.71 Å². The molecule has 3 aromatic rings. The Morgan fingerprint density at radius 1 is 1.29 bits per heavy atom. The molecular formula is C20H22ClN5O2. The highest BCUT2D eigenvalue weighted by atomic mass is 35.5. The van der Waals surface area contributed by atoms with Crippen LogP contribution in [0.2, 0.25) is 5.02 Å².